The van der Waals surface area contributed by atoms with Crippen LogP contribution in [0, 0.1) is 17.6 Å². The summed E-state index contributed by atoms with van der Waals surface area (Å²) in [5.74, 6) is -0.0282. The number of ether oxygens (including phenoxy) is 2. The Balaban J connectivity index is 0.00000158. The van der Waals surface area contributed by atoms with Gasteiger partial charge in [0.05, 0.1) is 18.6 Å². The van der Waals surface area contributed by atoms with Crippen LogP contribution in [0.1, 0.15) is 47.6 Å². The number of amides is 1. The number of thiazole rings is 1. The lowest BCUT2D eigenvalue weighted by Crippen LogP contribution is -2.25. The molecule has 4 rings (SSSR count). The van der Waals surface area contributed by atoms with Crippen LogP contribution in [0.25, 0.3) is 10.6 Å². The average Bonchev–Trinajstić information content (AvgIpc) is 3.59. The molecule has 1 saturated carbocycles. The normalized spacial score (nSPS) is 12.5. The van der Waals surface area contributed by atoms with Crippen molar-refractivity contribution in [3.8, 4) is 22.1 Å². The first kappa shape index (κ1) is 25.6. The van der Waals surface area contributed by atoms with Gasteiger partial charge in [0, 0.05) is 30.3 Å². The predicted octanol–water partition coefficient (Wildman–Crippen LogP) is 5.30. The maximum Gasteiger partial charge on any atom is 0.271 e. The number of aromatic nitrogens is 1. The zero-order valence-electron chi connectivity index (χ0n) is 19.5. The van der Waals surface area contributed by atoms with Crippen molar-refractivity contribution in [2.45, 2.75) is 39.8 Å². The molecule has 0 radical (unpaired) electrons. The van der Waals surface area contributed by atoms with Gasteiger partial charge in [-0.15, -0.1) is 11.3 Å². The Hall–Kier alpha value is -3.04. The maximum absolute atomic E-state index is 13.8. The molecule has 0 atom stereocenters. The van der Waals surface area contributed by atoms with Crippen LogP contribution in [0.4, 0.5) is 8.78 Å². The Morgan fingerprint density at radius 1 is 1.18 bits per heavy atom. The fourth-order valence-corrected chi connectivity index (χ4v) is 4.06. The molecule has 1 heterocycles. The fourth-order valence-electron chi connectivity index (χ4n) is 3.13. The summed E-state index contributed by atoms with van der Waals surface area (Å²) in [5, 5.41) is 3.24. The summed E-state index contributed by atoms with van der Waals surface area (Å²) in [6, 6.07) is 8.71. The van der Waals surface area contributed by atoms with Crippen molar-refractivity contribution < 1.29 is 23.0 Å². The predicted molar refractivity (Wildman–Crippen MR) is 129 cm³/mol. The number of benzene rings is 2. The van der Waals surface area contributed by atoms with E-state index in [4.69, 9.17) is 15.2 Å². The molecule has 0 unspecified atom stereocenters. The SMILES string of the molecule is CC.COc1ccc(-c2nc(C(=O)NCc3ccc(F)cc3F)c(CN)s2)cc1OCC1CC1. The summed E-state index contributed by atoms with van der Waals surface area (Å²) < 4.78 is 38.2. The lowest BCUT2D eigenvalue weighted by atomic mass is 10.2. The standard InChI is InChI=1S/C23H23F2N3O3S.C2H6/c1-30-18-7-5-14(8-19(18)31-12-13-2-3-13)23-28-21(20(10-26)32-23)22(29)27-11-15-4-6-16(24)9-17(15)25;1-2/h4-9,13H,2-3,10-12,26H2,1H3,(H,27,29);1-2H3. The first-order chi connectivity index (χ1) is 16.5. The average molecular weight is 490 g/mol. The quantitative estimate of drug-likeness (QED) is 0.426. The summed E-state index contributed by atoms with van der Waals surface area (Å²) in [6.07, 6.45) is 2.35. The van der Waals surface area contributed by atoms with Crippen LogP contribution in [0.2, 0.25) is 0 Å². The highest BCUT2D eigenvalue weighted by Gasteiger charge is 2.23. The molecule has 6 nitrogen and oxygen atoms in total. The third kappa shape index (κ3) is 6.30. The number of halogens is 2. The Bertz CT molecular complexity index is 1130. The minimum Gasteiger partial charge on any atom is -0.493 e. The van der Waals surface area contributed by atoms with Crippen molar-refractivity contribution in [2.75, 3.05) is 13.7 Å². The molecule has 1 aliphatic rings. The van der Waals surface area contributed by atoms with Gasteiger partial charge in [0.15, 0.2) is 11.5 Å². The number of methoxy groups -OCH3 is 1. The van der Waals surface area contributed by atoms with Gasteiger partial charge in [-0.3, -0.25) is 4.79 Å². The van der Waals surface area contributed by atoms with Crippen LogP contribution in [0.15, 0.2) is 36.4 Å². The van der Waals surface area contributed by atoms with Crippen molar-refractivity contribution in [2.24, 2.45) is 11.7 Å². The van der Waals surface area contributed by atoms with E-state index in [0.717, 1.165) is 17.7 Å². The molecule has 1 fully saturated rings. The smallest absolute Gasteiger partial charge is 0.271 e. The van der Waals surface area contributed by atoms with Crippen LogP contribution < -0.4 is 20.5 Å². The monoisotopic (exact) mass is 489 g/mol. The number of hydrogen-bond donors (Lipinski definition) is 2. The molecule has 0 aliphatic heterocycles. The molecule has 1 aliphatic carbocycles. The van der Waals surface area contributed by atoms with E-state index in [9.17, 15) is 13.6 Å². The maximum atomic E-state index is 13.8. The topological polar surface area (TPSA) is 86.5 Å². The third-order valence-electron chi connectivity index (χ3n) is 5.13. The third-order valence-corrected chi connectivity index (χ3v) is 6.26. The van der Waals surface area contributed by atoms with E-state index in [2.05, 4.69) is 10.3 Å². The molecule has 1 aromatic heterocycles. The molecule has 9 heteroatoms. The van der Waals surface area contributed by atoms with E-state index in [1.54, 1.807) is 13.2 Å². The molecule has 3 aromatic rings. The largest absolute Gasteiger partial charge is 0.493 e. The number of hydrogen-bond acceptors (Lipinski definition) is 6. The van der Waals surface area contributed by atoms with Gasteiger partial charge in [-0.25, -0.2) is 13.8 Å². The zero-order valence-corrected chi connectivity index (χ0v) is 20.3. The van der Waals surface area contributed by atoms with Crippen molar-refractivity contribution in [1.82, 2.24) is 10.3 Å². The molecule has 1 amide bonds. The van der Waals surface area contributed by atoms with E-state index < -0.39 is 17.5 Å². The number of rotatable bonds is 9. The molecule has 0 saturated heterocycles. The summed E-state index contributed by atoms with van der Waals surface area (Å²) in [4.78, 5) is 17.8. The Labute approximate surface area is 202 Å². The van der Waals surface area contributed by atoms with Crippen molar-refractivity contribution in [1.29, 1.82) is 0 Å². The molecule has 2 aromatic carbocycles. The van der Waals surface area contributed by atoms with Crippen LogP contribution in [0.3, 0.4) is 0 Å². The Kier molecular flexibility index (Phi) is 8.95. The van der Waals surface area contributed by atoms with Gasteiger partial charge in [-0.05, 0) is 43.0 Å². The van der Waals surface area contributed by atoms with E-state index >= 15 is 0 Å². The second-order valence-corrected chi connectivity index (χ2v) is 8.62. The van der Waals surface area contributed by atoms with Crippen molar-refractivity contribution in [3.63, 3.8) is 0 Å². The molecule has 182 valence electrons. The van der Waals surface area contributed by atoms with Crippen LogP contribution >= 0.6 is 11.3 Å². The van der Waals surface area contributed by atoms with Crippen molar-refractivity contribution in [3.05, 3.63) is 64.2 Å². The number of nitrogens with zero attached hydrogens (tertiary/aromatic N) is 1. The second-order valence-electron chi connectivity index (χ2n) is 7.53. The summed E-state index contributed by atoms with van der Waals surface area (Å²) >= 11 is 1.31. The van der Waals surface area contributed by atoms with E-state index in [1.807, 2.05) is 26.0 Å². The summed E-state index contributed by atoms with van der Waals surface area (Å²) in [5.41, 5.74) is 6.98. The zero-order chi connectivity index (χ0) is 24.7. The molecule has 0 spiro atoms. The first-order valence-electron chi connectivity index (χ1n) is 11.2. The van der Waals surface area contributed by atoms with E-state index in [0.29, 0.717) is 33.9 Å². The lowest BCUT2D eigenvalue weighted by molar-refractivity contribution is 0.0945. The summed E-state index contributed by atoms with van der Waals surface area (Å²) in [7, 11) is 1.58. The molecular formula is C25H29F2N3O3S. The highest BCUT2D eigenvalue weighted by atomic mass is 32.1. The minimum atomic E-state index is -0.722. The van der Waals surface area contributed by atoms with E-state index in [-0.39, 0.29) is 24.3 Å². The fraction of sp³-hybridized carbons (Fsp3) is 0.360. The van der Waals surface area contributed by atoms with Crippen LogP contribution in [-0.4, -0.2) is 24.6 Å². The first-order valence-corrected chi connectivity index (χ1v) is 12.0. The second kappa shape index (κ2) is 11.9. The minimum absolute atomic E-state index is 0.0937. The number of nitrogens with one attached hydrogen (secondary N) is 1. The summed E-state index contributed by atoms with van der Waals surface area (Å²) in [6.45, 7) is 4.68. The van der Waals surface area contributed by atoms with Crippen molar-refractivity contribution >= 4 is 17.2 Å². The van der Waals surface area contributed by atoms with Gasteiger partial charge in [0.25, 0.3) is 5.91 Å². The van der Waals surface area contributed by atoms with Gasteiger partial charge in [-0.2, -0.15) is 0 Å². The highest BCUT2D eigenvalue weighted by molar-refractivity contribution is 7.15. The van der Waals surface area contributed by atoms with Crippen LogP contribution in [-0.2, 0) is 13.1 Å². The number of carbonyl (C=O) groups excluding carboxylic acids is 1. The number of nitrogens with two attached hydrogens (primary N) is 1. The van der Waals surface area contributed by atoms with Gasteiger partial charge in [0.1, 0.15) is 22.3 Å². The molecule has 0 bridgehead atoms. The molecule has 34 heavy (non-hydrogen) atoms. The Morgan fingerprint density at radius 2 is 1.94 bits per heavy atom. The van der Waals surface area contributed by atoms with Crippen LogP contribution in [0.5, 0.6) is 11.5 Å². The number of carbonyl (C=O) groups is 1. The lowest BCUT2D eigenvalue weighted by Gasteiger charge is -2.11. The highest BCUT2D eigenvalue weighted by Crippen LogP contribution is 2.37. The van der Waals surface area contributed by atoms with E-state index in [1.165, 1.54) is 30.2 Å². The molecule has 3 N–H and O–H groups in total. The van der Waals surface area contributed by atoms with Gasteiger partial charge in [0.2, 0.25) is 0 Å². The Morgan fingerprint density at radius 3 is 2.59 bits per heavy atom. The van der Waals surface area contributed by atoms with Gasteiger partial charge >= 0.3 is 0 Å². The van der Waals surface area contributed by atoms with Gasteiger partial charge in [-0.1, -0.05) is 19.9 Å². The molecular weight excluding hydrogens is 460 g/mol. The van der Waals surface area contributed by atoms with Gasteiger partial charge < -0.3 is 20.5 Å².